The molecule has 164 valence electrons. The van der Waals surface area contributed by atoms with Crippen molar-refractivity contribution in [3.63, 3.8) is 0 Å². The van der Waals surface area contributed by atoms with Crippen LogP contribution in [0, 0.1) is 5.41 Å². The fraction of sp³-hybridized carbons (Fsp3) is 0.269. The van der Waals surface area contributed by atoms with Crippen molar-refractivity contribution in [2.24, 2.45) is 5.41 Å². The number of carboxylic acid groups (broad SMARTS) is 1. The molecule has 0 spiro atoms. The minimum atomic E-state index is -1.71. The first kappa shape index (κ1) is 20.5. The molecule has 2 N–H and O–H groups in total. The maximum absolute atomic E-state index is 12.0. The summed E-state index contributed by atoms with van der Waals surface area (Å²) in [5.41, 5.74) is 3.23. The predicted octanol–water partition coefficient (Wildman–Crippen LogP) is 5.41. The number of ether oxygens (including phenoxy) is 1. The number of carboxylic acids is 1. The topological polar surface area (TPSA) is 84.8 Å². The molecule has 2 atom stereocenters. The van der Waals surface area contributed by atoms with E-state index in [0.717, 1.165) is 27.6 Å². The average molecular weight is 431 g/mol. The zero-order valence-electron chi connectivity index (χ0n) is 18.2. The van der Waals surface area contributed by atoms with Crippen LogP contribution in [0.1, 0.15) is 37.4 Å². The van der Waals surface area contributed by atoms with Gasteiger partial charge in [-0.15, -0.1) is 0 Å². The number of hydrogen-bond acceptors (Lipinski definition) is 4. The third-order valence-electron chi connectivity index (χ3n) is 6.39. The molecule has 32 heavy (non-hydrogen) atoms. The molecule has 1 aliphatic heterocycles. The first-order valence-electron chi connectivity index (χ1n) is 10.6. The largest absolute Gasteiger partial charge is 0.479 e. The molecule has 0 aliphatic carbocycles. The molecule has 0 radical (unpaired) electrons. The lowest BCUT2D eigenvalue weighted by Crippen LogP contribution is -2.22. The Morgan fingerprint density at radius 3 is 2.50 bits per heavy atom. The van der Waals surface area contributed by atoms with E-state index in [-0.39, 0.29) is 11.5 Å². The maximum atomic E-state index is 12.0. The highest BCUT2D eigenvalue weighted by molar-refractivity contribution is 6.01. The van der Waals surface area contributed by atoms with E-state index in [1.807, 2.05) is 59.2 Å². The van der Waals surface area contributed by atoms with Crippen molar-refractivity contribution in [2.75, 3.05) is 7.11 Å². The Kier molecular flexibility index (Phi) is 4.73. The molecule has 0 bridgehead atoms. The van der Waals surface area contributed by atoms with Gasteiger partial charge >= 0.3 is 5.97 Å². The van der Waals surface area contributed by atoms with Crippen molar-refractivity contribution >= 4 is 16.7 Å². The average Bonchev–Trinajstić information content (AvgIpc) is 3.40. The Morgan fingerprint density at radius 1 is 1.12 bits per heavy atom. The summed E-state index contributed by atoms with van der Waals surface area (Å²) in [6.45, 7) is 4.68. The summed E-state index contributed by atoms with van der Waals surface area (Å²) >= 11 is 0. The van der Waals surface area contributed by atoms with E-state index < -0.39 is 12.1 Å². The minimum Gasteiger partial charge on any atom is -0.479 e. The molecule has 3 heterocycles. The number of carbonyl (C=O) groups is 1. The van der Waals surface area contributed by atoms with Crippen molar-refractivity contribution in [3.8, 4) is 22.5 Å². The third kappa shape index (κ3) is 2.91. The molecule has 0 saturated carbocycles. The summed E-state index contributed by atoms with van der Waals surface area (Å²) in [6.07, 6.45) is -0.333. The van der Waals surface area contributed by atoms with Crippen LogP contribution in [-0.2, 0) is 16.1 Å². The van der Waals surface area contributed by atoms with Gasteiger partial charge in [0.05, 0.1) is 23.2 Å². The number of furan rings is 1. The van der Waals surface area contributed by atoms with Crippen LogP contribution in [0.15, 0.2) is 65.3 Å². The quantitative estimate of drug-likeness (QED) is 0.441. The Hall–Kier alpha value is -3.35. The van der Waals surface area contributed by atoms with Gasteiger partial charge in [0, 0.05) is 35.4 Å². The van der Waals surface area contributed by atoms with Gasteiger partial charge in [-0.05, 0) is 5.56 Å². The van der Waals surface area contributed by atoms with E-state index in [1.54, 1.807) is 13.4 Å². The lowest BCUT2D eigenvalue weighted by Gasteiger charge is -2.26. The second-order valence-electron chi connectivity index (χ2n) is 8.97. The molecule has 0 saturated heterocycles. The number of aliphatic hydroxyl groups excluding tert-OH is 1. The van der Waals surface area contributed by atoms with E-state index in [1.165, 1.54) is 0 Å². The number of rotatable bonds is 5. The van der Waals surface area contributed by atoms with Gasteiger partial charge < -0.3 is 23.9 Å². The van der Waals surface area contributed by atoms with E-state index in [4.69, 9.17) is 9.15 Å². The van der Waals surface area contributed by atoms with Gasteiger partial charge in [0.1, 0.15) is 11.9 Å². The number of hydrogen-bond donors (Lipinski definition) is 2. The summed E-state index contributed by atoms with van der Waals surface area (Å²) in [7, 11) is 1.67. The summed E-state index contributed by atoms with van der Waals surface area (Å²) in [5, 5.41) is 22.5. The summed E-state index contributed by atoms with van der Waals surface area (Å²) < 4.78 is 13.9. The van der Waals surface area contributed by atoms with Crippen LogP contribution in [0.5, 0.6) is 0 Å². The molecule has 1 aliphatic rings. The van der Waals surface area contributed by atoms with E-state index in [0.29, 0.717) is 23.6 Å². The van der Waals surface area contributed by atoms with Gasteiger partial charge in [-0.3, -0.25) is 0 Å². The fourth-order valence-corrected chi connectivity index (χ4v) is 5.10. The van der Waals surface area contributed by atoms with Crippen LogP contribution in [0.4, 0.5) is 0 Å². The Balaban J connectivity index is 1.94. The fourth-order valence-electron chi connectivity index (χ4n) is 5.10. The van der Waals surface area contributed by atoms with Crippen molar-refractivity contribution in [3.05, 3.63) is 72.2 Å². The van der Waals surface area contributed by atoms with Gasteiger partial charge in [-0.25, -0.2) is 4.79 Å². The van der Waals surface area contributed by atoms with E-state index in [2.05, 4.69) is 13.8 Å². The molecule has 6 heteroatoms. The molecule has 6 nitrogen and oxygen atoms in total. The molecule has 4 aromatic rings. The van der Waals surface area contributed by atoms with Crippen LogP contribution in [0.25, 0.3) is 33.2 Å². The zero-order valence-corrected chi connectivity index (χ0v) is 18.2. The summed E-state index contributed by atoms with van der Waals surface area (Å²) in [5.74, 6) is -0.759. The van der Waals surface area contributed by atoms with Crippen molar-refractivity contribution in [2.45, 2.75) is 32.6 Å². The summed E-state index contributed by atoms with van der Waals surface area (Å²) in [4.78, 5) is 12.0. The van der Waals surface area contributed by atoms with Crippen molar-refractivity contribution in [1.29, 1.82) is 0 Å². The van der Waals surface area contributed by atoms with Gasteiger partial charge in [-0.1, -0.05) is 68.4 Å². The SMILES string of the molecule is COC1c2c(-c3ccccc3)c(-c3occ4ccccc34)c(C(O)C(=O)O)n2CC1(C)C. The van der Waals surface area contributed by atoms with Gasteiger partial charge in [0.2, 0.25) is 0 Å². The summed E-state index contributed by atoms with van der Waals surface area (Å²) in [6, 6.07) is 17.5. The van der Waals surface area contributed by atoms with Gasteiger partial charge in [0.25, 0.3) is 0 Å². The molecular formula is C26H25NO5. The maximum Gasteiger partial charge on any atom is 0.338 e. The highest BCUT2D eigenvalue weighted by Gasteiger charge is 2.47. The lowest BCUT2D eigenvalue weighted by molar-refractivity contribution is -0.147. The number of aliphatic hydroxyl groups is 1. The molecule has 0 amide bonds. The number of methoxy groups -OCH3 is 1. The molecule has 5 rings (SSSR count). The van der Waals surface area contributed by atoms with Crippen LogP contribution in [-0.4, -0.2) is 27.9 Å². The number of fused-ring (bicyclic) bond motifs is 2. The smallest absolute Gasteiger partial charge is 0.338 e. The molecular weight excluding hydrogens is 406 g/mol. The Labute approximate surface area is 185 Å². The van der Waals surface area contributed by atoms with Crippen molar-refractivity contribution in [1.82, 2.24) is 4.57 Å². The standard InChI is InChI=1S/C26H25NO5/c1-26(2)14-27-20(22(28)25(29)30)19(23-17-12-8-7-11-16(17)13-32-23)18(21(27)24(26)31-3)15-9-5-4-6-10-15/h4-13,22,24,28H,14H2,1-3H3,(H,29,30). The lowest BCUT2D eigenvalue weighted by atomic mass is 9.84. The van der Waals surface area contributed by atoms with Crippen molar-refractivity contribution < 1.29 is 24.2 Å². The molecule has 0 fully saturated rings. The number of benzene rings is 2. The number of aromatic nitrogens is 1. The second kappa shape index (κ2) is 7.36. The highest BCUT2D eigenvalue weighted by Crippen LogP contribution is 2.55. The van der Waals surface area contributed by atoms with Crippen LogP contribution in [0.2, 0.25) is 0 Å². The molecule has 2 aromatic heterocycles. The minimum absolute atomic E-state index is 0.285. The number of aliphatic carboxylic acids is 1. The Bertz CT molecular complexity index is 1310. The zero-order chi connectivity index (χ0) is 22.6. The van der Waals surface area contributed by atoms with E-state index in [9.17, 15) is 15.0 Å². The van der Waals surface area contributed by atoms with Gasteiger partial charge in [-0.2, -0.15) is 0 Å². The van der Waals surface area contributed by atoms with E-state index >= 15 is 0 Å². The molecule has 2 unspecified atom stereocenters. The predicted molar refractivity (Wildman–Crippen MR) is 121 cm³/mol. The normalized spacial score (nSPS) is 18.1. The molecule has 2 aromatic carbocycles. The van der Waals surface area contributed by atoms with Crippen LogP contribution < -0.4 is 0 Å². The van der Waals surface area contributed by atoms with Crippen LogP contribution in [0.3, 0.4) is 0 Å². The van der Waals surface area contributed by atoms with Crippen LogP contribution >= 0.6 is 0 Å². The number of nitrogens with zero attached hydrogens (tertiary/aromatic N) is 1. The highest BCUT2D eigenvalue weighted by atomic mass is 16.5. The monoisotopic (exact) mass is 431 g/mol. The van der Waals surface area contributed by atoms with Gasteiger partial charge in [0.15, 0.2) is 6.10 Å². The third-order valence-corrected chi connectivity index (χ3v) is 6.39. The first-order chi connectivity index (χ1) is 15.3. The first-order valence-corrected chi connectivity index (χ1v) is 10.6. The second-order valence-corrected chi connectivity index (χ2v) is 8.97. The Morgan fingerprint density at radius 2 is 1.81 bits per heavy atom.